The first-order valence-electron chi connectivity index (χ1n) is 7.22. The first kappa shape index (κ1) is 13.6. The van der Waals surface area contributed by atoms with E-state index in [9.17, 15) is 14.7 Å². The number of piperidine rings is 1. The average molecular weight is 279 g/mol. The molecule has 2 heterocycles. The Balaban J connectivity index is 1.80. The lowest BCUT2D eigenvalue weighted by molar-refractivity contribution is -0.0590. The standard InChI is InChI=1S/C14H21N3O3/c1-14(20)9-16(8-10-2-3-10)6-4-11(14)17-7-5-12(18)15-13(17)19/h5,7,10-11,20H,2-4,6,8-9H2,1H3,(H,15,18,19)/t11-,14-/m1/s1. The fourth-order valence-electron chi connectivity index (χ4n) is 3.19. The molecule has 0 bridgehead atoms. The lowest BCUT2D eigenvalue weighted by atomic mass is 9.88. The molecule has 2 N–H and O–H groups in total. The van der Waals surface area contributed by atoms with Crippen LogP contribution in [0.5, 0.6) is 0 Å². The minimum Gasteiger partial charge on any atom is -0.387 e. The molecule has 3 rings (SSSR count). The largest absolute Gasteiger partial charge is 0.387 e. The van der Waals surface area contributed by atoms with Gasteiger partial charge in [0, 0.05) is 31.9 Å². The van der Waals surface area contributed by atoms with Crippen molar-refractivity contribution in [3.63, 3.8) is 0 Å². The fourth-order valence-corrected chi connectivity index (χ4v) is 3.19. The van der Waals surface area contributed by atoms with Crippen molar-refractivity contribution in [1.29, 1.82) is 0 Å². The minimum absolute atomic E-state index is 0.290. The SMILES string of the molecule is C[C@@]1(O)CN(CC2CC2)CC[C@H]1n1ccc(=O)[nH]c1=O. The van der Waals surface area contributed by atoms with Gasteiger partial charge in [0.05, 0.1) is 11.6 Å². The molecule has 1 saturated carbocycles. The summed E-state index contributed by atoms with van der Waals surface area (Å²) in [5.74, 6) is 0.790. The van der Waals surface area contributed by atoms with Crippen molar-refractivity contribution in [1.82, 2.24) is 14.5 Å². The van der Waals surface area contributed by atoms with Crippen LogP contribution in [-0.4, -0.2) is 44.8 Å². The van der Waals surface area contributed by atoms with Crippen LogP contribution in [0, 0.1) is 5.92 Å². The number of rotatable bonds is 3. The second kappa shape index (κ2) is 4.86. The number of hydrogen-bond acceptors (Lipinski definition) is 4. The summed E-state index contributed by atoms with van der Waals surface area (Å²) in [6.07, 6.45) is 4.78. The summed E-state index contributed by atoms with van der Waals surface area (Å²) < 4.78 is 1.45. The third-order valence-corrected chi connectivity index (χ3v) is 4.38. The van der Waals surface area contributed by atoms with Crippen LogP contribution >= 0.6 is 0 Å². The number of nitrogens with zero attached hydrogens (tertiary/aromatic N) is 2. The molecule has 2 fully saturated rings. The van der Waals surface area contributed by atoms with Gasteiger partial charge in [0.25, 0.3) is 5.56 Å². The lowest BCUT2D eigenvalue weighted by Gasteiger charge is -2.43. The van der Waals surface area contributed by atoms with Crippen LogP contribution in [0.15, 0.2) is 21.9 Å². The van der Waals surface area contributed by atoms with Crippen LogP contribution < -0.4 is 11.2 Å². The van der Waals surface area contributed by atoms with Crippen molar-refractivity contribution in [3.05, 3.63) is 33.1 Å². The summed E-state index contributed by atoms with van der Waals surface area (Å²) in [5.41, 5.74) is -1.81. The van der Waals surface area contributed by atoms with Gasteiger partial charge in [-0.1, -0.05) is 0 Å². The molecule has 1 aliphatic carbocycles. The van der Waals surface area contributed by atoms with E-state index in [0.29, 0.717) is 13.0 Å². The van der Waals surface area contributed by atoms with Crippen LogP contribution in [0.3, 0.4) is 0 Å². The highest BCUT2D eigenvalue weighted by Crippen LogP contribution is 2.34. The molecule has 1 aromatic rings. The van der Waals surface area contributed by atoms with Gasteiger partial charge in [0.1, 0.15) is 0 Å². The predicted octanol–water partition coefficient (Wildman–Crippen LogP) is -0.0556. The third kappa shape index (κ3) is 2.71. The number of β-amino-alcohol motifs (C(OH)–C–C–N with tert-alkyl or cyclic N) is 1. The van der Waals surface area contributed by atoms with E-state index in [4.69, 9.17) is 0 Å². The molecule has 20 heavy (non-hydrogen) atoms. The van der Waals surface area contributed by atoms with Crippen molar-refractivity contribution >= 4 is 0 Å². The van der Waals surface area contributed by atoms with Crippen LogP contribution in [0.4, 0.5) is 0 Å². The van der Waals surface area contributed by atoms with Crippen LogP contribution in [0.25, 0.3) is 0 Å². The van der Waals surface area contributed by atoms with Crippen LogP contribution in [0.1, 0.15) is 32.2 Å². The molecule has 0 aromatic carbocycles. The molecule has 0 unspecified atom stereocenters. The maximum atomic E-state index is 11.9. The first-order chi connectivity index (χ1) is 9.45. The van der Waals surface area contributed by atoms with E-state index in [1.165, 1.54) is 29.7 Å². The Labute approximate surface area is 117 Å². The number of hydrogen-bond donors (Lipinski definition) is 2. The Morgan fingerprint density at radius 3 is 2.75 bits per heavy atom. The number of aliphatic hydroxyl groups is 1. The number of aromatic amines is 1. The molecule has 2 aliphatic rings. The van der Waals surface area contributed by atoms with Gasteiger partial charge in [0.2, 0.25) is 0 Å². The maximum absolute atomic E-state index is 11.9. The van der Waals surface area contributed by atoms with E-state index in [2.05, 4.69) is 9.88 Å². The molecular formula is C14H21N3O3. The monoisotopic (exact) mass is 279 g/mol. The van der Waals surface area contributed by atoms with Crippen LogP contribution in [0.2, 0.25) is 0 Å². The number of nitrogens with one attached hydrogen (secondary N) is 1. The van der Waals surface area contributed by atoms with Crippen molar-refractivity contribution in [3.8, 4) is 0 Å². The summed E-state index contributed by atoms with van der Waals surface area (Å²) in [6.45, 7) is 4.26. The first-order valence-corrected chi connectivity index (χ1v) is 7.22. The topological polar surface area (TPSA) is 78.3 Å². The molecule has 110 valence electrons. The molecule has 0 spiro atoms. The van der Waals surface area contributed by atoms with Crippen LogP contribution in [-0.2, 0) is 0 Å². The van der Waals surface area contributed by atoms with E-state index < -0.39 is 16.9 Å². The van der Waals surface area contributed by atoms with Crippen molar-refractivity contribution in [2.75, 3.05) is 19.6 Å². The van der Waals surface area contributed by atoms with Crippen molar-refractivity contribution in [2.24, 2.45) is 5.92 Å². The summed E-state index contributed by atoms with van der Waals surface area (Å²) in [7, 11) is 0. The molecule has 0 amide bonds. The van der Waals surface area contributed by atoms with Gasteiger partial charge in [-0.05, 0) is 32.1 Å². The number of aromatic nitrogens is 2. The van der Waals surface area contributed by atoms with Gasteiger partial charge in [-0.15, -0.1) is 0 Å². The van der Waals surface area contributed by atoms with E-state index in [-0.39, 0.29) is 6.04 Å². The van der Waals surface area contributed by atoms with E-state index in [1.807, 2.05) is 0 Å². The second-order valence-corrected chi connectivity index (χ2v) is 6.36. The van der Waals surface area contributed by atoms with Gasteiger partial charge >= 0.3 is 5.69 Å². The molecule has 1 aliphatic heterocycles. The Kier molecular flexibility index (Phi) is 3.30. The molecule has 1 saturated heterocycles. The third-order valence-electron chi connectivity index (χ3n) is 4.38. The summed E-state index contributed by atoms with van der Waals surface area (Å²) in [6, 6.07) is 1.04. The number of likely N-dealkylation sites (tertiary alicyclic amines) is 1. The van der Waals surface area contributed by atoms with Gasteiger partial charge in [-0.3, -0.25) is 14.3 Å². The fraction of sp³-hybridized carbons (Fsp3) is 0.714. The Hall–Kier alpha value is -1.40. The highest BCUT2D eigenvalue weighted by atomic mass is 16.3. The smallest absolute Gasteiger partial charge is 0.328 e. The van der Waals surface area contributed by atoms with Gasteiger partial charge in [0.15, 0.2) is 0 Å². The molecule has 0 radical (unpaired) electrons. The van der Waals surface area contributed by atoms with E-state index in [0.717, 1.165) is 19.0 Å². The van der Waals surface area contributed by atoms with Crippen molar-refractivity contribution < 1.29 is 5.11 Å². The normalized spacial score (nSPS) is 31.4. The van der Waals surface area contributed by atoms with Gasteiger partial charge in [-0.2, -0.15) is 0 Å². The Bertz CT molecular complexity index is 600. The van der Waals surface area contributed by atoms with E-state index >= 15 is 0 Å². The quantitative estimate of drug-likeness (QED) is 0.813. The predicted molar refractivity (Wildman–Crippen MR) is 74.8 cm³/mol. The zero-order valence-electron chi connectivity index (χ0n) is 11.7. The summed E-state index contributed by atoms with van der Waals surface area (Å²) in [5, 5.41) is 10.7. The maximum Gasteiger partial charge on any atom is 0.328 e. The Morgan fingerprint density at radius 2 is 2.15 bits per heavy atom. The molecule has 1 aromatic heterocycles. The average Bonchev–Trinajstić information content (AvgIpc) is 3.13. The van der Waals surface area contributed by atoms with Gasteiger partial charge in [-0.25, -0.2) is 4.79 Å². The zero-order valence-corrected chi connectivity index (χ0v) is 11.7. The molecule has 6 heteroatoms. The highest BCUT2D eigenvalue weighted by molar-refractivity contribution is 4.98. The Morgan fingerprint density at radius 1 is 1.40 bits per heavy atom. The molecular weight excluding hydrogens is 258 g/mol. The summed E-state index contributed by atoms with van der Waals surface area (Å²) >= 11 is 0. The second-order valence-electron chi connectivity index (χ2n) is 6.36. The van der Waals surface area contributed by atoms with E-state index in [1.54, 1.807) is 6.92 Å². The number of H-pyrrole nitrogens is 1. The van der Waals surface area contributed by atoms with Gasteiger partial charge < -0.3 is 10.0 Å². The highest BCUT2D eigenvalue weighted by Gasteiger charge is 2.40. The lowest BCUT2D eigenvalue weighted by Crippen LogP contribution is -2.55. The summed E-state index contributed by atoms with van der Waals surface area (Å²) in [4.78, 5) is 27.5. The minimum atomic E-state index is -0.963. The zero-order chi connectivity index (χ0) is 14.3. The van der Waals surface area contributed by atoms with Crippen molar-refractivity contribution in [2.45, 2.75) is 37.8 Å². The molecule has 6 nitrogen and oxygen atoms in total. The molecule has 2 atom stereocenters.